The van der Waals surface area contributed by atoms with E-state index in [2.05, 4.69) is 10.1 Å². The first kappa shape index (κ1) is 15.6. The Morgan fingerprint density at radius 3 is 2.58 bits per heavy atom. The Labute approximate surface area is 141 Å². The zero-order valence-electron chi connectivity index (χ0n) is 13.9. The minimum absolute atomic E-state index is 0.149. The first-order chi connectivity index (χ1) is 11.7. The summed E-state index contributed by atoms with van der Waals surface area (Å²) >= 11 is 0. The molecule has 4 rings (SSSR count). The molecule has 0 N–H and O–H groups in total. The molecule has 3 fully saturated rings. The van der Waals surface area contributed by atoms with E-state index < -0.39 is 0 Å². The number of hydrogen-bond donors (Lipinski definition) is 0. The smallest absolute Gasteiger partial charge is 0.227 e. The molecule has 1 atom stereocenters. The van der Waals surface area contributed by atoms with Gasteiger partial charge in [0.05, 0.1) is 5.92 Å². The highest BCUT2D eigenvalue weighted by atomic mass is 16.5. The van der Waals surface area contributed by atoms with Crippen molar-refractivity contribution < 1.29 is 14.1 Å². The van der Waals surface area contributed by atoms with Gasteiger partial charge in [-0.15, -0.1) is 0 Å². The molecule has 2 amide bonds. The van der Waals surface area contributed by atoms with Gasteiger partial charge in [-0.3, -0.25) is 9.59 Å². The van der Waals surface area contributed by atoms with Crippen molar-refractivity contribution in [3.63, 3.8) is 0 Å². The highest BCUT2D eigenvalue weighted by Crippen LogP contribution is 2.32. The SMILES string of the molecule is O=C(C1CC(=O)N(C2CCCC2)C1)N1CCC(c2ncon2)CC1. The lowest BCUT2D eigenvalue weighted by atomic mass is 9.95. The van der Waals surface area contributed by atoms with E-state index in [1.165, 1.54) is 19.2 Å². The largest absolute Gasteiger partial charge is 0.343 e. The van der Waals surface area contributed by atoms with Crippen LogP contribution in [0.1, 0.15) is 56.7 Å². The maximum Gasteiger partial charge on any atom is 0.227 e. The van der Waals surface area contributed by atoms with E-state index >= 15 is 0 Å². The van der Waals surface area contributed by atoms with Crippen molar-refractivity contribution in [2.24, 2.45) is 5.92 Å². The monoisotopic (exact) mass is 332 g/mol. The second-order valence-electron chi connectivity index (χ2n) is 7.27. The van der Waals surface area contributed by atoms with Crippen molar-refractivity contribution in [1.82, 2.24) is 19.9 Å². The van der Waals surface area contributed by atoms with Crippen LogP contribution in [-0.2, 0) is 9.59 Å². The fraction of sp³-hybridized carbons (Fsp3) is 0.765. The van der Waals surface area contributed by atoms with Crippen molar-refractivity contribution in [1.29, 1.82) is 0 Å². The van der Waals surface area contributed by atoms with Gasteiger partial charge in [0.15, 0.2) is 5.82 Å². The molecule has 0 aromatic carbocycles. The zero-order valence-corrected chi connectivity index (χ0v) is 13.9. The Balaban J connectivity index is 1.33. The Hall–Kier alpha value is -1.92. The van der Waals surface area contributed by atoms with Crippen LogP contribution in [0.25, 0.3) is 0 Å². The zero-order chi connectivity index (χ0) is 16.5. The third-order valence-corrected chi connectivity index (χ3v) is 5.82. The van der Waals surface area contributed by atoms with Gasteiger partial charge in [0, 0.05) is 38.0 Å². The lowest BCUT2D eigenvalue weighted by Crippen LogP contribution is -2.42. The third-order valence-electron chi connectivity index (χ3n) is 5.82. The molecule has 2 saturated heterocycles. The number of carbonyl (C=O) groups is 2. The summed E-state index contributed by atoms with van der Waals surface area (Å²) in [4.78, 5) is 33.1. The van der Waals surface area contributed by atoms with E-state index in [4.69, 9.17) is 4.52 Å². The molecule has 3 aliphatic rings. The molecule has 0 bridgehead atoms. The number of hydrogen-bond acceptors (Lipinski definition) is 5. The molecule has 24 heavy (non-hydrogen) atoms. The number of likely N-dealkylation sites (tertiary alicyclic amines) is 2. The number of carbonyl (C=O) groups excluding carboxylic acids is 2. The molecule has 130 valence electrons. The van der Waals surface area contributed by atoms with Crippen LogP contribution < -0.4 is 0 Å². The van der Waals surface area contributed by atoms with E-state index in [1.807, 2.05) is 9.80 Å². The highest BCUT2D eigenvalue weighted by molar-refractivity contribution is 5.89. The summed E-state index contributed by atoms with van der Waals surface area (Å²) in [5, 5.41) is 3.91. The van der Waals surface area contributed by atoms with Gasteiger partial charge in [-0.1, -0.05) is 18.0 Å². The summed E-state index contributed by atoms with van der Waals surface area (Å²) in [6.45, 7) is 2.05. The lowest BCUT2D eigenvalue weighted by molar-refractivity contribution is -0.136. The molecule has 7 heteroatoms. The van der Waals surface area contributed by atoms with E-state index in [0.29, 0.717) is 32.1 Å². The first-order valence-corrected chi connectivity index (χ1v) is 9.07. The van der Waals surface area contributed by atoms with Gasteiger partial charge in [0.1, 0.15) is 0 Å². The van der Waals surface area contributed by atoms with Crippen molar-refractivity contribution in [2.75, 3.05) is 19.6 Å². The molecule has 2 aliphatic heterocycles. The van der Waals surface area contributed by atoms with Crippen molar-refractivity contribution in [3.8, 4) is 0 Å². The second-order valence-corrected chi connectivity index (χ2v) is 7.27. The van der Waals surface area contributed by atoms with Crippen LogP contribution in [0, 0.1) is 5.92 Å². The maximum absolute atomic E-state index is 12.8. The summed E-state index contributed by atoms with van der Waals surface area (Å²) in [6, 6.07) is 0.374. The van der Waals surface area contributed by atoms with Gasteiger partial charge in [-0.25, -0.2) is 0 Å². The molecule has 1 unspecified atom stereocenters. The normalized spacial score (nSPS) is 26.5. The van der Waals surface area contributed by atoms with Gasteiger partial charge in [0.25, 0.3) is 0 Å². The van der Waals surface area contributed by atoms with Crippen LogP contribution in [0.15, 0.2) is 10.9 Å². The number of piperidine rings is 1. The minimum Gasteiger partial charge on any atom is -0.343 e. The molecule has 0 radical (unpaired) electrons. The number of amides is 2. The third kappa shape index (κ3) is 2.91. The van der Waals surface area contributed by atoms with Crippen LogP contribution in [0.3, 0.4) is 0 Å². The van der Waals surface area contributed by atoms with Gasteiger partial charge in [0.2, 0.25) is 18.2 Å². The summed E-state index contributed by atoms with van der Waals surface area (Å²) in [5.41, 5.74) is 0. The predicted octanol–water partition coefficient (Wildman–Crippen LogP) is 1.57. The van der Waals surface area contributed by atoms with Crippen LogP contribution in [0.2, 0.25) is 0 Å². The average Bonchev–Trinajstić information content (AvgIpc) is 3.35. The second kappa shape index (κ2) is 6.53. The number of rotatable bonds is 3. The highest BCUT2D eigenvalue weighted by Gasteiger charge is 2.40. The standard InChI is InChI=1S/C17H24N4O3/c22-15-9-13(10-21(15)14-3-1-2-4-14)17(23)20-7-5-12(6-8-20)16-18-11-24-19-16/h11-14H,1-10H2. The molecule has 1 saturated carbocycles. The molecule has 3 heterocycles. The van der Waals surface area contributed by atoms with Crippen LogP contribution in [-0.4, -0.2) is 57.4 Å². The minimum atomic E-state index is -0.153. The Morgan fingerprint density at radius 2 is 1.92 bits per heavy atom. The summed E-state index contributed by atoms with van der Waals surface area (Å²) in [6.07, 6.45) is 8.07. The van der Waals surface area contributed by atoms with E-state index in [0.717, 1.165) is 31.5 Å². The van der Waals surface area contributed by atoms with E-state index in [-0.39, 0.29) is 23.7 Å². The lowest BCUT2D eigenvalue weighted by Gasteiger charge is -2.32. The Morgan fingerprint density at radius 1 is 1.17 bits per heavy atom. The summed E-state index contributed by atoms with van der Waals surface area (Å²) < 4.78 is 4.81. The number of aromatic nitrogens is 2. The molecule has 1 aromatic rings. The molecule has 0 spiro atoms. The number of nitrogens with zero attached hydrogens (tertiary/aromatic N) is 4. The summed E-state index contributed by atoms with van der Waals surface area (Å²) in [5.74, 6) is 1.18. The van der Waals surface area contributed by atoms with E-state index in [9.17, 15) is 9.59 Å². The molecule has 1 aliphatic carbocycles. The van der Waals surface area contributed by atoms with Crippen molar-refractivity contribution >= 4 is 11.8 Å². The van der Waals surface area contributed by atoms with Gasteiger partial charge in [-0.2, -0.15) is 4.98 Å². The van der Waals surface area contributed by atoms with E-state index in [1.54, 1.807) is 0 Å². The first-order valence-electron chi connectivity index (χ1n) is 9.07. The predicted molar refractivity (Wildman–Crippen MR) is 84.9 cm³/mol. The fourth-order valence-corrected chi connectivity index (χ4v) is 4.44. The topological polar surface area (TPSA) is 79.5 Å². The maximum atomic E-state index is 12.8. The van der Waals surface area contributed by atoms with Crippen molar-refractivity contribution in [2.45, 2.75) is 56.9 Å². The molecule has 1 aromatic heterocycles. The molecular weight excluding hydrogens is 308 g/mol. The fourth-order valence-electron chi connectivity index (χ4n) is 4.44. The van der Waals surface area contributed by atoms with Gasteiger partial charge < -0.3 is 14.3 Å². The van der Waals surface area contributed by atoms with Gasteiger partial charge in [-0.05, 0) is 25.7 Å². The molecule has 7 nitrogen and oxygen atoms in total. The quantitative estimate of drug-likeness (QED) is 0.839. The van der Waals surface area contributed by atoms with Crippen LogP contribution in [0.4, 0.5) is 0 Å². The van der Waals surface area contributed by atoms with Crippen LogP contribution in [0.5, 0.6) is 0 Å². The van der Waals surface area contributed by atoms with Crippen LogP contribution >= 0.6 is 0 Å². The Bertz CT molecular complexity index is 589. The Kier molecular flexibility index (Phi) is 4.24. The molecular formula is C17H24N4O3. The van der Waals surface area contributed by atoms with Gasteiger partial charge >= 0.3 is 0 Å². The van der Waals surface area contributed by atoms with Crippen molar-refractivity contribution in [3.05, 3.63) is 12.2 Å². The summed E-state index contributed by atoms with van der Waals surface area (Å²) in [7, 11) is 0. The average molecular weight is 332 g/mol.